The normalized spacial score (nSPS) is 13.8. The highest BCUT2D eigenvalue weighted by Crippen LogP contribution is 2.31. The van der Waals surface area contributed by atoms with Crippen LogP contribution in [-0.4, -0.2) is 59.1 Å². The topological polar surface area (TPSA) is 128 Å². The van der Waals surface area contributed by atoms with Gasteiger partial charge in [0.1, 0.15) is 4.83 Å². The number of aromatic amines is 1. The number of hydrogen-bond donors (Lipinski definition) is 4. The van der Waals surface area contributed by atoms with Gasteiger partial charge in [-0.25, -0.2) is 0 Å². The molecule has 0 spiro atoms. The lowest BCUT2D eigenvalue weighted by Gasteiger charge is -2.26. The number of carbonyl (C=O) groups excluding carboxylic acids is 3. The number of thiophene rings is 1. The fraction of sp³-hybridized carbons (Fsp3) is 0.235. The van der Waals surface area contributed by atoms with Crippen LogP contribution in [0.3, 0.4) is 0 Å². The first-order chi connectivity index (χ1) is 21.8. The van der Waals surface area contributed by atoms with Crippen LogP contribution in [0.2, 0.25) is 0 Å². The van der Waals surface area contributed by atoms with Gasteiger partial charge in [0.05, 0.1) is 40.3 Å². The third-order valence-electron chi connectivity index (χ3n) is 7.78. The van der Waals surface area contributed by atoms with Crippen molar-refractivity contribution in [2.45, 2.75) is 25.9 Å². The number of ether oxygens (including phenoxy) is 1. The number of fused-ring (bicyclic) bond motifs is 1. The zero-order valence-electron chi connectivity index (χ0n) is 25.1. The van der Waals surface area contributed by atoms with Crippen molar-refractivity contribution in [3.05, 3.63) is 112 Å². The van der Waals surface area contributed by atoms with Gasteiger partial charge in [-0.05, 0) is 55.3 Å². The van der Waals surface area contributed by atoms with Crippen LogP contribution in [-0.2, 0) is 16.8 Å². The second-order valence-corrected chi connectivity index (χ2v) is 12.5. The number of aromatic nitrogens is 2. The number of benzene rings is 3. The molecule has 11 heteroatoms. The number of H-pyrrole nitrogens is 1. The molecule has 1 aliphatic heterocycles. The van der Waals surface area contributed by atoms with Gasteiger partial charge in [-0.1, -0.05) is 54.6 Å². The van der Waals surface area contributed by atoms with Crippen molar-refractivity contribution in [3.63, 3.8) is 0 Å². The highest BCUT2D eigenvalue weighted by Gasteiger charge is 2.25. The molecule has 45 heavy (non-hydrogen) atoms. The van der Waals surface area contributed by atoms with Crippen LogP contribution < -0.4 is 16.0 Å². The maximum atomic E-state index is 13.4. The van der Waals surface area contributed by atoms with E-state index in [1.807, 2.05) is 56.3 Å². The standard InChI is InChI=1S/C34H34N6O4S/c1-34(2,24-8-4-3-5-9-24)37-32(43)28-20-26-29(38-39-33(26)45-28)36-31(42)25-10-6-7-11-27(25)35-30(41)23-14-12-22(13-15-23)21-40-16-18-44-19-17-40/h3-15,20H,16-19,21H2,1-2H3,(H,35,41)(H,37,43)(H2,36,38,39,42). The number of nitrogens with one attached hydrogen (secondary N) is 4. The highest BCUT2D eigenvalue weighted by atomic mass is 32.1. The van der Waals surface area contributed by atoms with E-state index >= 15 is 0 Å². The van der Waals surface area contributed by atoms with Gasteiger partial charge in [-0.2, -0.15) is 5.10 Å². The van der Waals surface area contributed by atoms with E-state index in [1.165, 1.54) is 11.3 Å². The van der Waals surface area contributed by atoms with Gasteiger partial charge < -0.3 is 20.7 Å². The number of rotatable bonds is 9. The lowest BCUT2D eigenvalue weighted by atomic mass is 9.94. The van der Waals surface area contributed by atoms with Gasteiger partial charge in [-0.3, -0.25) is 24.4 Å². The van der Waals surface area contributed by atoms with Crippen LogP contribution in [0.1, 0.15) is 55.4 Å². The van der Waals surface area contributed by atoms with E-state index in [0.717, 1.165) is 44.0 Å². The molecule has 1 saturated heterocycles. The van der Waals surface area contributed by atoms with Gasteiger partial charge in [0, 0.05) is 25.2 Å². The average Bonchev–Trinajstić information content (AvgIpc) is 3.64. The molecule has 0 radical (unpaired) electrons. The second kappa shape index (κ2) is 13.0. The molecular weight excluding hydrogens is 588 g/mol. The molecule has 2 aromatic heterocycles. The minimum absolute atomic E-state index is 0.224. The van der Waals surface area contributed by atoms with Crippen molar-refractivity contribution in [3.8, 4) is 0 Å². The number of morpholine rings is 1. The Morgan fingerprint density at radius 1 is 0.889 bits per heavy atom. The summed E-state index contributed by atoms with van der Waals surface area (Å²) >= 11 is 1.26. The summed E-state index contributed by atoms with van der Waals surface area (Å²) in [7, 11) is 0. The molecule has 1 aliphatic rings. The van der Waals surface area contributed by atoms with Crippen LogP contribution in [0.4, 0.5) is 11.5 Å². The van der Waals surface area contributed by atoms with E-state index in [-0.39, 0.29) is 17.4 Å². The zero-order valence-corrected chi connectivity index (χ0v) is 25.9. The molecular formula is C34H34N6O4S. The van der Waals surface area contributed by atoms with E-state index in [4.69, 9.17) is 4.74 Å². The van der Waals surface area contributed by atoms with Crippen molar-refractivity contribution in [2.24, 2.45) is 0 Å². The first kappa shape index (κ1) is 30.2. The number of nitrogens with zero attached hydrogens (tertiary/aromatic N) is 2. The predicted molar refractivity (Wildman–Crippen MR) is 176 cm³/mol. The van der Waals surface area contributed by atoms with Gasteiger partial charge in [0.25, 0.3) is 17.7 Å². The molecule has 0 saturated carbocycles. The Bertz CT molecular complexity index is 1820. The van der Waals surface area contributed by atoms with Crippen molar-refractivity contribution < 1.29 is 19.1 Å². The summed E-state index contributed by atoms with van der Waals surface area (Å²) in [6, 6.07) is 25.8. The van der Waals surface area contributed by atoms with Crippen LogP contribution in [0.25, 0.3) is 10.2 Å². The quantitative estimate of drug-likeness (QED) is 0.169. The Kier molecular flexibility index (Phi) is 8.74. The second-order valence-electron chi connectivity index (χ2n) is 11.4. The van der Waals surface area contributed by atoms with E-state index in [2.05, 4.69) is 31.0 Å². The molecule has 3 amide bonds. The summed E-state index contributed by atoms with van der Waals surface area (Å²) in [4.78, 5) is 43.1. The van der Waals surface area contributed by atoms with Crippen molar-refractivity contribution in [1.82, 2.24) is 20.4 Å². The van der Waals surface area contributed by atoms with Gasteiger partial charge in [0.15, 0.2) is 5.82 Å². The Hall–Kier alpha value is -4.84. The van der Waals surface area contributed by atoms with Gasteiger partial charge in [-0.15, -0.1) is 11.3 Å². The number of carbonyl (C=O) groups is 3. The Morgan fingerprint density at radius 2 is 1.60 bits per heavy atom. The average molecular weight is 623 g/mol. The minimum atomic E-state index is -0.579. The molecule has 3 aromatic carbocycles. The molecule has 6 rings (SSSR count). The van der Waals surface area contributed by atoms with E-state index in [0.29, 0.717) is 32.2 Å². The molecule has 4 N–H and O–H groups in total. The number of anilines is 2. The minimum Gasteiger partial charge on any atom is -0.379 e. The van der Waals surface area contributed by atoms with Gasteiger partial charge >= 0.3 is 0 Å². The van der Waals surface area contributed by atoms with Crippen molar-refractivity contribution in [2.75, 3.05) is 36.9 Å². The predicted octanol–water partition coefficient (Wildman–Crippen LogP) is 5.63. The van der Waals surface area contributed by atoms with Crippen LogP contribution >= 0.6 is 11.3 Å². The monoisotopic (exact) mass is 622 g/mol. The summed E-state index contributed by atoms with van der Waals surface area (Å²) in [5.41, 5.74) is 2.67. The largest absolute Gasteiger partial charge is 0.379 e. The fourth-order valence-corrected chi connectivity index (χ4v) is 6.13. The Morgan fingerprint density at radius 3 is 2.36 bits per heavy atom. The molecule has 0 aliphatic carbocycles. The maximum absolute atomic E-state index is 13.4. The number of amides is 3. The zero-order chi connectivity index (χ0) is 31.4. The Labute approximate surface area is 264 Å². The summed E-state index contributed by atoms with van der Waals surface area (Å²) < 4.78 is 5.41. The summed E-state index contributed by atoms with van der Waals surface area (Å²) in [6.07, 6.45) is 0. The molecule has 3 heterocycles. The molecule has 0 bridgehead atoms. The van der Waals surface area contributed by atoms with Crippen LogP contribution in [0, 0.1) is 0 Å². The van der Waals surface area contributed by atoms with Crippen molar-refractivity contribution >= 4 is 50.8 Å². The Balaban J connectivity index is 1.12. The number of para-hydroxylation sites is 1. The molecule has 230 valence electrons. The molecule has 5 aromatic rings. The first-order valence-corrected chi connectivity index (χ1v) is 15.6. The third kappa shape index (κ3) is 6.96. The lowest BCUT2D eigenvalue weighted by molar-refractivity contribution is 0.0342. The highest BCUT2D eigenvalue weighted by molar-refractivity contribution is 7.20. The van der Waals surface area contributed by atoms with E-state index in [1.54, 1.807) is 42.5 Å². The van der Waals surface area contributed by atoms with Crippen LogP contribution in [0.15, 0.2) is 84.9 Å². The summed E-state index contributed by atoms with van der Waals surface area (Å²) in [5, 5.41) is 16.6. The SMILES string of the molecule is CC(C)(NC(=O)c1cc2c(NC(=O)c3ccccc3NC(=O)c3ccc(CN4CCOCC4)cc3)n[nH]c2s1)c1ccccc1. The number of hydrogen-bond acceptors (Lipinski definition) is 7. The van der Waals surface area contributed by atoms with E-state index in [9.17, 15) is 14.4 Å². The maximum Gasteiger partial charge on any atom is 0.262 e. The molecule has 0 unspecified atom stereocenters. The molecule has 10 nitrogen and oxygen atoms in total. The van der Waals surface area contributed by atoms with Crippen molar-refractivity contribution in [1.29, 1.82) is 0 Å². The third-order valence-corrected chi connectivity index (χ3v) is 8.82. The molecule has 0 atom stereocenters. The van der Waals surface area contributed by atoms with Gasteiger partial charge in [0.2, 0.25) is 0 Å². The summed E-state index contributed by atoms with van der Waals surface area (Å²) in [5.74, 6) is -0.688. The fourth-order valence-electron chi connectivity index (χ4n) is 5.23. The first-order valence-electron chi connectivity index (χ1n) is 14.7. The summed E-state index contributed by atoms with van der Waals surface area (Å²) in [6.45, 7) is 7.95. The van der Waals surface area contributed by atoms with Crippen LogP contribution in [0.5, 0.6) is 0 Å². The lowest BCUT2D eigenvalue weighted by Crippen LogP contribution is -2.40. The molecule has 1 fully saturated rings. The smallest absolute Gasteiger partial charge is 0.262 e. The van der Waals surface area contributed by atoms with E-state index < -0.39 is 11.4 Å².